The Morgan fingerprint density at radius 3 is 2.18 bits per heavy atom. The number of rotatable bonds is 4. The highest BCUT2D eigenvalue weighted by molar-refractivity contribution is 6.30. The van der Waals surface area contributed by atoms with Gasteiger partial charge in [-0.05, 0) is 73.5 Å². The third-order valence-electron chi connectivity index (χ3n) is 6.24. The first kappa shape index (κ1) is 23.6. The molecule has 0 spiro atoms. The molecule has 7 heteroatoms. The number of fused-ring (bicyclic) bond motifs is 1. The molecule has 1 aliphatic rings. The van der Waals surface area contributed by atoms with Gasteiger partial charge in [-0.1, -0.05) is 17.7 Å². The van der Waals surface area contributed by atoms with Crippen LogP contribution < -0.4 is 14.7 Å². The molecule has 0 bridgehead atoms. The van der Waals surface area contributed by atoms with E-state index in [1.165, 1.54) is 6.92 Å². The van der Waals surface area contributed by atoms with Gasteiger partial charge in [-0.15, -0.1) is 0 Å². The Balaban J connectivity index is 1.77. The first-order valence-corrected chi connectivity index (χ1v) is 11.5. The Hall–Kier alpha value is -3.51. The molecule has 0 radical (unpaired) electrons. The van der Waals surface area contributed by atoms with Crippen LogP contribution >= 0.6 is 11.6 Å². The normalized spacial score (nSPS) is 17.1. The average Bonchev–Trinajstić information content (AvgIpc) is 2.80. The van der Waals surface area contributed by atoms with Gasteiger partial charge in [-0.2, -0.15) is 0 Å². The lowest BCUT2D eigenvalue weighted by molar-refractivity contribution is -0.117. The van der Waals surface area contributed by atoms with E-state index < -0.39 is 0 Å². The van der Waals surface area contributed by atoms with E-state index in [0.29, 0.717) is 22.7 Å². The van der Waals surface area contributed by atoms with Gasteiger partial charge in [0.15, 0.2) is 0 Å². The van der Waals surface area contributed by atoms with Crippen LogP contribution in [0.15, 0.2) is 66.7 Å². The maximum absolute atomic E-state index is 13.6. The fraction of sp³-hybridized carbons (Fsp3) is 0.259. The minimum atomic E-state index is -0.301. The predicted octanol–water partition coefficient (Wildman–Crippen LogP) is 5.64. The van der Waals surface area contributed by atoms with Crippen LogP contribution in [0, 0.1) is 0 Å². The van der Waals surface area contributed by atoms with Crippen LogP contribution in [-0.4, -0.2) is 37.1 Å². The molecule has 0 fully saturated rings. The zero-order valence-corrected chi connectivity index (χ0v) is 20.5. The summed E-state index contributed by atoms with van der Waals surface area (Å²) in [7, 11) is 3.90. The summed E-state index contributed by atoms with van der Waals surface area (Å²) in [4.78, 5) is 31.8. The van der Waals surface area contributed by atoms with Crippen LogP contribution in [0.1, 0.15) is 42.2 Å². The number of anilines is 3. The monoisotopic (exact) mass is 477 g/mol. The highest BCUT2D eigenvalue weighted by atomic mass is 35.5. The van der Waals surface area contributed by atoms with E-state index in [1.807, 2.05) is 62.3 Å². The molecule has 3 aromatic carbocycles. The van der Waals surface area contributed by atoms with Gasteiger partial charge in [0.05, 0.1) is 11.7 Å². The highest BCUT2D eigenvalue weighted by Gasteiger charge is 2.38. The van der Waals surface area contributed by atoms with E-state index in [2.05, 4.69) is 0 Å². The smallest absolute Gasteiger partial charge is 0.258 e. The molecule has 176 valence electrons. The number of benzene rings is 3. The number of phenols is 1. The molecule has 0 aliphatic carbocycles. The van der Waals surface area contributed by atoms with E-state index in [9.17, 15) is 14.7 Å². The second-order valence-electron chi connectivity index (χ2n) is 8.83. The number of carbonyl (C=O) groups excluding carboxylic acids is 2. The zero-order valence-electron chi connectivity index (χ0n) is 19.7. The fourth-order valence-corrected chi connectivity index (χ4v) is 4.72. The van der Waals surface area contributed by atoms with Crippen LogP contribution in [-0.2, 0) is 4.79 Å². The van der Waals surface area contributed by atoms with Crippen molar-refractivity contribution >= 4 is 40.5 Å². The average molecular weight is 478 g/mol. The van der Waals surface area contributed by atoms with Crippen molar-refractivity contribution in [2.45, 2.75) is 32.4 Å². The van der Waals surface area contributed by atoms with E-state index in [4.69, 9.17) is 11.6 Å². The summed E-state index contributed by atoms with van der Waals surface area (Å²) in [5.41, 5.74) is 3.70. The Bertz CT molecular complexity index is 1210. The van der Waals surface area contributed by atoms with Crippen LogP contribution in [0.4, 0.5) is 17.1 Å². The molecule has 2 atom stereocenters. The minimum Gasteiger partial charge on any atom is -0.508 e. The summed E-state index contributed by atoms with van der Waals surface area (Å²) in [6, 6.07) is 19.1. The van der Waals surface area contributed by atoms with Gasteiger partial charge in [0, 0.05) is 55.1 Å². The number of aromatic hydroxyl groups is 1. The van der Waals surface area contributed by atoms with Gasteiger partial charge >= 0.3 is 0 Å². The van der Waals surface area contributed by atoms with E-state index in [0.717, 1.165) is 16.9 Å². The van der Waals surface area contributed by atoms with Gasteiger partial charge < -0.3 is 19.8 Å². The quantitative estimate of drug-likeness (QED) is 0.527. The molecule has 4 rings (SSSR count). The van der Waals surface area contributed by atoms with E-state index >= 15 is 0 Å². The first-order valence-electron chi connectivity index (χ1n) is 11.2. The van der Waals surface area contributed by atoms with Gasteiger partial charge in [0.2, 0.25) is 5.91 Å². The maximum Gasteiger partial charge on any atom is 0.258 e. The van der Waals surface area contributed by atoms with Crippen LogP contribution in [0.5, 0.6) is 5.75 Å². The lowest BCUT2D eigenvalue weighted by Crippen LogP contribution is -2.47. The van der Waals surface area contributed by atoms with Crippen molar-refractivity contribution in [1.82, 2.24) is 0 Å². The summed E-state index contributed by atoms with van der Waals surface area (Å²) in [6.45, 7) is 3.50. The van der Waals surface area contributed by atoms with Gasteiger partial charge in [0.25, 0.3) is 5.91 Å². The summed E-state index contributed by atoms with van der Waals surface area (Å²) < 4.78 is 0. The fourth-order valence-electron chi connectivity index (χ4n) is 4.59. The summed E-state index contributed by atoms with van der Waals surface area (Å²) in [5, 5.41) is 10.9. The van der Waals surface area contributed by atoms with Crippen molar-refractivity contribution < 1.29 is 14.7 Å². The maximum atomic E-state index is 13.6. The summed E-state index contributed by atoms with van der Waals surface area (Å²) in [6.07, 6.45) is 0.543. The lowest BCUT2D eigenvalue weighted by Gasteiger charge is -2.43. The van der Waals surface area contributed by atoms with Gasteiger partial charge in [-0.3, -0.25) is 9.59 Å². The Morgan fingerprint density at radius 1 is 0.971 bits per heavy atom. The van der Waals surface area contributed by atoms with Crippen molar-refractivity contribution in [2.24, 2.45) is 0 Å². The van der Waals surface area contributed by atoms with Crippen LogP contribution in [0.2, 0.25) is 5.02 Å². The van der Waals surface area contributed by atoms with Crippen molar-refractivity contribution in [1.29, 1.82) is 0 Å². The standard InChI is InChI=1S/C27H28ClN3O3/c1-17-15-25(31(18(2)32)22-11-7-20(28)8-12-22)24-14-13-23(33)16-26(24)30(17)27(34)19-5-9-21(10-6-19)29(3)4/h5-14,16-17,25,33H,15H2,1-4H3/t17-,25+/m1/s1. The largest absolute Gasteiger partial charge is 0.508 e. The molecule has 6 nitrogen and oxygen atoms in total. The number of hydrogen-bond acceptors (Lipinski definition) is 4. The SMILES string of the molecule is CC(=O)N(c1ccc(Cl)cc1)[C@H]1C[C@@H](C)N(C(=O)c2ccc(N(C)C)cc2)c2cc(O)ccc21. The predicted molar refractivity (Wildman–Crippen MR) is 137 cm³/mol. The number of phenolic OH excluding ortho intramolecular Hbond substituents is 1. The second kappa shape index (κ2) is 9.39. The van der Waals surface area contributed by atoms with Crippen LogP contribution in [0.25, 0.3) is 0 Å². The topological polar surface area (TPSA) is 64.1 Å². The number of carbonyl (C=O) groups is 2. The molecule has 0 saturated heterocycles. The van der Waals surface area contributed by atoms with Gasteiger partial charge in [-0.25, -0.2) is 0 Å². The Labute approximate surface area is 205 Å². The Morgan fingerprint density at radius 2 is 1.59 bits per heavy atom. The van der Waals surface area contributed by atoms with Crippen molar-refractivity contribution in [3.63, 3.8) is 0 Å². The third kappa shape index (κ3) is 4.46. The number of amides is 2. The molecule has 1 aliphatic heterocycles. The molecule has 34 heavy (non-hydrogen) atoms. The molecule has 0 saturated carbocycles. The Kier molecular flexibility index (Phi) is 6.53. The zero-order chi connectivity index (χ0) is 24.6. The molecule has 2 amide bonds. The van der Waals surface area contributed by atoms with Crippen molar-refractivity contribution in [3.05, 3.63) is 82.9 Å². The number of halogens is 1. The second-order valence-corrected chi connectivity index (χ2v) is 9.26. The van der Waals surface area contributed by atoms with E-state index in [-0.39, 0.29) is 29.6 Å². The molecule has 1 N–H and O–H groups in total. The number of nitrogens with zero attached hydrogens (tertiary/aromatic N) is 3. The number of hydrogen-bond donors (Lipinski definition) is 1. The summed E-state index contributed by atoms with van der Waals surface area (Å²) in [5.74, 6) is -0.199. The molecule has 0 aromatic heterocycles. The van der Waals surface area contributed by atoms with Crippen molar-refractivity contribution in [2.75, 3.05) is 28.8 Å². The van der Waals surface area contributed by atoms with Crippen molar-refractivity contribution in [3.8, 4) is 5.75 Å². The first-order chi connectivity index (χ1) is 16.2. The van der Waals surface area contributed by atoms with E-state index in [1.54, 1.807) is 40.1 Å². The molecular weight excluding hydrogens is 450 g/mol. The third-order valence-corrected chi connectivity index (χ3v) is 6.49. The molecule has 3 aromatic rings. The molecule has 1 heterocycles. The molecule has 0 unspecified atom stereocenters. The van der Waals surface area contributed by atoms with Crippen LogP contribution in [0.3, 0.4) is 0 Å². The van der Waals surface area contributed by atoms with Gasteiger partial charge in [0.1, 0.15) is 5.75 Å². The highest BCUT2D eigenvalue weighted by Crippen LogP contribution is 2.44. The molecular formula is C27H28ClN3O3. The lowest BCUT2D eigenvalue weighted by atomic mass is 9.89. The minimum absolute atomic E-state index is 0.0632. The summed E-state index contributed by atoms with van der Waals surface area (Å²) >= 11 is 6.06.